The van der Waals surface area contributed by atoms with E-state index in [4.69, 9.17) is 0 Å². The summed E-state index contributed by atoms with van der Waals surface area (Å²) in [5.74, 6) is -9.14. The number of hydrogen-bond donors (Lipinski definition) is 0. The lowest BCUT2D eigenvalue weighted by molar-refractivity contribution is 0.0599. The highest BCUT2D eigenvalue weighted by Crippen LogP contribution is 2.37. The molecule has 0 aliphatic carbocycles. The maximum atomic E-state index is 14.4. The second-order valence-corrected chi connectivity index (χ2v) is 5.23. The van der Waals surface area contributed by atoms with Gasteiger partial charge >= 0.3 is 11.9 Å². The van der Waals surface area contributed by atoms with E-state index in [0.717, 1.165) is 14.2 Å². The molecule has 0 aliphatic rings. The number of ether oxygens (including phenoxy) is 2. The number of pyridine rings is 1. The average molecular weight is 371 g/mol. The Labute approximate surface area is 145 Å². The SMILES string of the molecule is COC(=O)c1c(C)nc(C)c(C(=O)OC)c1-c1c(F)c(F)cc(F)c1F. The van der Waals surface area contributed by atoms with E-state index in [-0.39, 0.29) is 17.5 Å². The lowest BCUT2D eigenvalue weighted by Gasteiger charge is -2.18. The highest BCUT2D eigenvalue weighted by molar-refractivity contribution is 6.07. The van der Waals surface area contributed by atoms with Crippen LogP contribution in [0.25, 0.3) is 11.1 Å². The number of nitrogens with zero attached hydrogens (tertiary/aromatic N) is 1. The average Bonchev–Trinajstić information content (AvgIpc) is 2.59. The van der Waals surface area contributed by atoms with E-state index in [1.54, 1.807) is 0 Å². The minimum Gasteiger partial charge on any atom is -0.465 e. The van der Waals surface area contributed by atoms with E-state index in [0.29, 0.717) is 0 Å². The Morgan fingerprint density at radius 1 is 0.808 bits per heavy atom. The van der Waals surface area contributed by atoms with Crippen LogP contribution in [-0.2, 0) is 9.47 Å². The number of aryl methyl sites for hydroxylation is 2. The normalized spacial score (nSPS) is 10.6. The van der Waals surface area contributed by atoms with E-state index in [2.05, 4.69) is 14.5 Å². The molecule has 1 aromatic heterocycles. The minimum absolute atomic E-state index is 0.0186. The molecule has 9 heteroatoms. The zero-order chi connectivity index (χ0) is 19.8. The van der Waals surface area contributed by atoms with Gasteiger partial charge in [-0.05, 0) is 13.8 Å². The molecule has 1 heterocycles. The zero-order valence-corrected chi connectivity index (χ0v) is 14.2. The number of halogens is 4. The molecule has 0 bridgehead atoms. The molecule has 0 spiro atoms. The van der Waals surface area contributed by atoms with Gasteiger partial charge in [0.2, 0.25) is 0 Å². The fourth-order valence-electron chi connectivity index (χ4n) is 2.60. The fourth-order valence-corrected chi connectivity index (χ4v) is 2.60. The van der Waals surface area contributed by atoms with Gasteiger partial charge in [0.15, 0.2) is 23.3 Å². The van der Waals surface area contributed by atoms with Gasteiger partial charge in [-0.25, -0.2) is 27.2 Å². The monoisotopic (exact) mass is 371 g/mol. The van der Waals surface area contributed by atoms with Crippen LogP contribution in [0.3, 0.4) is 0 Å². The summed E-state index contributed by atoms with van der Waals surface area (Å²) >= 11 is 0. The number of hydrogen-bond acceptors (Lipinski definition) is 5. The summed E-state index contributed by atoms with van der Waals surface area (Å²) in [6.07, 6.45) is 0. The molecule has 138 valence electrons. The smallest absolute Gasteiger partial charge is 0.340 e. The molecule has 5 nitrogen and oxygen atoms in total. The lowest BCUT2D eigenvalue weighted by Crippen LogP contribution is -2.17. The molecular formula is C17H13F4NO4. The quantitative estimate of drug-likeness (QED) is 0.469. The number of carbonyl (C=O) groups is 2. The van der Waals surface area contributed by atoms with E-state index in [1.807, 2.05) is 0 Å². The third-order valence-corrected chi connectivity index (χ3v) is 3.70. The highest BCUT2D eigenvalue weighted by Gasteiger charge is 2.32. The zero-order valence-electron chi connectivity index (χ0n) is 14.2. The molecule has 0 saturated heterocycles. The van der Waals surface area contributed by atoms with Crippen LogP contribution >= 0.6 is 0 Å². The summed E-state index contributed by atoms with van der Waals surface area (Å²) in [4.78, 5) is 28.3. The van der Waals surface area contributed by atoms with E-state index >= 15 is 0 Å². The van der Waals surface area contributed by atoms with E-state index < -0.39 is 57.5 Å². The van der Waals surface area contributed by atoms with Crippen molar-refractivity contribution in [2.24, 2.45) is 0 Å². The Hall–Kier alpha value is -2.97. The Bertz CT molecular complexity index is 861. The van der Waals surface area contributed by atoms with Crippen molar-refractivity contribution in [2.75, 3.05) is 14.2 Å². The van der Waals surface area contributed by atoms with Crippen molar-refractivity contribution in [1.29, 1.82) is 0 Å². The number of methoxy groups -OCH3 is 2. The van der Waals surface area contributed by atoms with Gasteiger partial charge in [0.05, 0.1) is 42.3 Å². The minimum atomic E-state index is -1.77. The van der Waals surface area contributed by atoms with Gasteiger partial charge in [0.25, 0.3) is 0 Å². The first-order valence-electron chi connectivity index (χ1n) is 7.16. The molecule has 26 heavy (non-hydrogen) atoms. The van der Waals surface area contributed by atoms with Gasteiger partial charge in [0.1, 0.15) is 0 Å². The van der Waals surface area contributed by atoms with Crippen molar-refractivity contribution < 1.29 is 36.6 Å². The predicted octanol–water partition coefficient (Wildman–Crippen LogP) is 3.50. The third kappa shape index (κ3) is 3.00. The first-order chi connectivity index (χ1) is 12.1. The number of rotatable bonds is 3. The number of aromatic nitrogens is 1. The molecule has 0 atom stereocenters. The molecule has 0 amide bonds. The van der Waals surface area contributed by atoms with Gasteiger partial charge in [-0.3, -0.25) is 4.98 Å². The Balaban J connectivity index is 3.14. The van der Waals surface area contributed by atoms with Crippen LogP contribution < -0.4 is 0 Å². The second-order valence-electron chi connectivity index (χ2n) is 5.23. The van der Waals surface area contributed by atoms with Crippen molar-refractivity contribution in [3.8, 4) is 11.1 Å². The molecular weight excluding hydrogens is 358 g/mol. The van der Waals surface area contributed by atoms with Gasteiger partial charge < -0.3 is 9.47 Å². The third-order valence-electron chi connectivity index (χ3n) is 3.70. The first kappa shape index (κ1) is 19.4. The Kier molecular flexibility index (Phi) is 5.29. The van der Waals surface area contributed by atoms with Crippen LogP contribution in [0.2, 0.25) is 0 Å². The number of benzene rings is 1. The van der Waals surface area contributed by atoms with Crippen LogP contribution in [-0.4, -0.2) is 31.1 Å². The molecule has 0 fully saturated rings. The molecule has 2 aromatic rings. The maximum absolute atomic E-state index is 14.4. The van der Waals surface area contributed by atoms with Crippen LogP contribution in [0, 0.1) is 37.1 Å². The highest BCUT2D eigenvalue weighted by atomic mass is 19.2. The second kappa shape index (κ2) is 7.11. The van der Waals surface area contributed by atoms with Crippen LogP contribution in [0.1, 0.15) is 32.1 Å². The fraction of sp³-hybridized carbons (Fsp3) is 0.235. The first-order valence-corrected chi connectivity index (χ1v) is 7.16. The Morgan fingerprint density at radius 3 is 1.54 bits per heavy atom. The molecule has 0 aliphatic heterocycles. The summed E-state index contributed by atoms with van der Waals surface area (Å²) in [5, 5.41) is 0. The Morgan fingerprint density at radius 2 is 1.19 bits per heavy atom. The van der Waals surface area contributed by atoms with Crippen LogP contribution in [0.15, 0.2) is 6.07 Å². The predicted molar refractivity (Wildman–Crippen MR) is 81.7 cm³/mol. The summed E-state index contributed by atoms with van der Waals surface area (Å²) in [6.45, 7) is 2.63. The van der Waals surface area contributed by atoms with Gasteiger partial charge in [-0.15, -0.1) is 0 Å². The molecule has 1 aromatic carbocycles. The van der Waals surface area contributed by atoms with E-state index in [1.165, 1.54) is 13.8 Å². The molecule has 0 saturated carbocycles. The standard InChI is InChI=1S/C17H13F4NO4/c1-6-10(16(23)25-3)12(11(7(2)22-6)17(24)26-4)13-14(20)8(18)5-9(19)15(13)21/h5H,1-4H3. The van der Waals surface area contributed by atoms with Crippen molar-refractivity contribution in [3.05, 3.63) is 51.9 Å². The van der Waals surface area contributed by atoms with Gasteiger partial charge in [-0.2, -0.15) is 0 Å². The van der Waals surface area contributed by atoms with Crippen LogP contribution in [0.4, 0.5) is 17.6 Å². The van der Waals surface area contributed by atoms with Gasteiger partial charge in [-0.1, -0.05) is 0 Å². The lowest BCUT2D eigenvalue weighted by atomic mass is 9.91. The molecule has 2 rings (SSSR count). The largest absolute Gasteiger partial charge is 0.465 e. The summed E-state index contributed by atoms with van der Waals surface area (Å²) < 4.78 is 65.3. The van der Waals surface area contributed by atoms with Crippen LogP contribution in [0.5, 0.6) is 0 Å². The molecule has 0 N–H and O–H groups in total. The summed E-state index contributed by atoms with van der Waals surface area (Å²) in [6, 6.07) is 0.0186. The van der Waals surface area contributed by atoms with Crippen molar-refractivity contribution in [1.82, 2.24) is 4.98 Å². The van der Waals surface area contributed by atoms with Crippen molar-refractivity contribution >= 4 is 11.9 Å². The summed E-state index contributed by atoms with van der Waals surface area (Å²) in [7, 11) is 1.98. The summed E-state index contributed by atoms with van der Waals surface area (Å²) in [5.41, 5.74) is -3.05. The van der Waals surface area contributed by atoms with Gasteiger partial charge in [0, 0.05) is 11.6 Å². The molecule has 0 radical (unpaired) electrons. The number of carbonyl (C=O) groups excluding carboxylic acids is 2. The van der Waals surface area contributed by atoms with Crippen molar-refractivity contribution in [2.45, 2.75) is 13.8 Å². The van der Waals surface area contributed by atoms with Crippen molar-refractivity contribution in [3.63, 3.8) is 0 Å². The molecule has 0 unspecified atom stereocenters. The number of esters is 2. The topological polar surface area (TPSA) is 65.5 Å². The van der Waals surface area contributed by atoms with E-state index in [9.17, 15) is 27.2 Å². The maximum Gasteiger partial charge on any atom is 0.340 e.